The van der Waals surface area contributed by atoms with Gasteiger partial charge in [-0.25, -0.2) is 0 Å². The summed E-state index contributed by atoms with van der Waals surface area (Å²) in [5, 5.41) is 3.11. The standard InChI is InChI=1S/C14H24N2O/c1-14(2)7-4-8-16(11-14)10-13-6-5-12(17-13)9-15-3/h5-6,15H,4,7-11H2,1-3H3. The summed E-state index contributed by atoms with van der Waals surface area (Å²) in [6.07, 6.45) is 2.64. The van der Waals surface area contributed by atoms with Crippen LogP contribution in [0.5, 0.6) is 0 Å². The summed E-state index contributed by atoms with van der Waals surface area (Å²) in [4.78, 5) is 2.51. The molecule has 0 atom stereocenters. The van der Waals surface area contributed by atoms with Crippen LogP contribution in [0.3, 0.4) is 0 Å². The lowest BCUT2D eigenvalue weighted by Crippen LogP contribution is -2.39. The summed E-state index contributed by atoms with van der Waals surface area (Å²) in [6.45, 7) is 8.85. The molecule has 0 aliphatic carbocycles. The number of furan rings is 1. The Bertz CT molecular complexity index is 357. The fraction of sp³-hybridized carbons (Fsp3) is 0.714. The normalized spacial score (nSPS) is 20.6. The van der Waals surface area contributed by atoms with E-state index in [1.807, 2.05) is 7.05 Å². The van der Waals surface area contributed by atoms with Gasteiger partial charge in [0.1, 0.15) is 11.5 Å². The summed E-state index contributed by atoms with van der Waals surface area (Å²) in [5.41, 5.74) is 0.457. The van der Waals surface area contributed by atoms with E-state index in [4.69, 9.17) is 4.42 Å². The van der Waals surface area contributed by atoms with Gasteiger partial charge in [-0.05, 0) is 44.0 Å². The number of nitrogens with zero attached hydrogens (tertiary/aromatic N) is 1. The maximum Gasteiger partial charge on any atom is 0.118 e. The van der Waals surface area contributed by atoms with Crippen molar-refractivity contribution in [3.8, 4) is 0 Å². The molecule has 0 bridgehead atoms. The zero-order valence-electron chi connectivity index (χ0n) is 11.3. The van der Waals surface area contributed by atoms with Gasteiger partial charge in [0.15, 0.2) is 0 Å². The average Bonchev–Trinajstić information content (AvgIpc) is 2.64. The predicted octanol–water partition coefficient (Wildman–Crippen LogP) is 2.62. The number of nitrogens with one attached hydrogen (secondary N) is 1. The summed E-state index contributed by atoms with van der Waals surface area (Å²) in [5.74, 6) is 2.12. The van der Waals surface area contributed by atoms with E-state index >= 15 is 0 Å². The molecule has 96 valence electrons. The molecule has 0 amide bonds. The van der Waals surface area contributed by atoms with Crippen molar-refractivity contribution in [2.75, 3.05) is 20.1 Å². The van der Waals surface area contributed by atoms with E-state index in [1.165, 1.54) is 25.9 Å². The third-order valence-corrected chi connectivity index (χ3v) is 3.43. The van der Waals surface area contributed by atoms with E-state index in [9.17, 15) is 0 Å². The molecule has 0 radical (unpaired) electrons. The van der Waals surface area contributed by atoms with Crippen LogP contribution in [0, 0.1) is 5.41 Å². The van der Waals surface area contributed by atoms with Crippen molar-refractivity contribution in [3.05, 3.63) is 23.7 Å². The van der Waals surface area contributed by atoms with Gasteiger partial charge in [-0.3, -0.25) is 4.90 Å². The van der Waals surface area contributed by atoms with Gasteiger partial charge in [0.25, 0.3) is 0 Å². The van der Waals surface area contributed by atoms with Crippen molar-refractivity contribution in [1.82, 2.24) is 10.2 Å². The van der Waals surface area contributed by atoms with E-state index in [1.54, 1.807) is 0 Å². The monoisotopic (exact) mass is 236 g/mol. The number of piperidine rings is 1. The smallest absolute Gasteiger partial charge is 0.118 e. The van der Waals surface area contributed by atoms with Crippen LogP contribution in [0.4, 0.5) is 0 Å². The summed E-state index contributed by atoms with van der Waals surface area (Å²) < 4.78 is 5.79. The summed E-state index contributed by atoms with van der Waals surface area (Å²) >= 11 is 0. The molecule has 1 aliphatic heterocycles. The van der Waals surface area contributed by atoms with Crippen LogP contribution >= 0.6 is 0 Å². The quantitative estimate of drug-likeness (QED) is 0.871. The van der Waals surface area contributed by atoms with Gasteiger partial charge in [0, 0.05) is 6.54 Å². The molecule has 17 heavy (non-hydrogen) atoms. The minimum Gasteiger partial charge on any atom is -0.463 e. The van der Waals surface area contributed by atoms with Crippen molar-refractivity contribution in [3.63, 3.8) is 0 Å². The Hall–Kier alpha value is -0.800. The first-order chi connectivity index (χ1) is 8.09. The molecule has 1 saturated heterocycles. The second-order valence-corrected chi connectivity index (χ2v) is 5.88. The van der Waals surface area contributed by atoms with Crippen molar-refractivity contribution in [2.45, 2.75) is 39.8 Å². The van der Waals surface area contributed by atoms with Crippen molar-refractivity contribution in [2.24, 2.45) is 5.41 Å². The molecule has 1 N–H and O–H groups in total. The van der Waals surface area contributed by atoms with Crippen LogP contribution in [-0.4, -0.2) is 25.0 Å². The number of hydrogen-bond donors (Lipinski definition) is 1. The third-order valence-electron chi connectivity index (χ3n) is 3.43. The minimum atomic E-state index is 0.457. The SMILES string of the molecule is CNCc1ccc(CN2CCCC(C)(C)C2)o1. The fourth-order valence-electron chi connectivity index (χ4n) is 2.68. The predicted molar refractivity (Wildman–Crippen MR) is 69.8 cm³/mol. The first-order valence-electron chi connectivity index (χ1n) is 6.54. The zero-order valence-corrected chi connectivity index (χ0v) is 11.3. The zero-order chi connectivity index (χ0) is 12.3. The van der Waals surface area contributed by atoms with E-state index < -0.39 is 0 Å². The Labute approximate surface area is 104 Å². The molecule has 1 fully saturated rings. The van der Waals surface area contributed by atoms with Crippen LogP contribution in [0.1, 0.15) is 38.2 Å². The van der Waals surface area contributed by atoms with Gasteiger partial charge in [0.05, 0.1) is 13.1 Å². The minimum absolute atomic E-state index is 0.457. The Kier molecular flexibility index (Phi) is 3.89. The lowest BCUT2D eigenvalue weighted by molar-refractivity contribution is 0.104. The molecule has 3 nitrogen and oxygen atoms in total. The maximum atomic E-state index is 5.79. The van der Waals surface area contributed by atoms with E-state index in [2.05, 4.69) is 36.2 Å². The van der Waals surface area contributed by atoms with Crippen LogP contribution in [0.2, 0.25) is 0 Å². The van der Waals surface area contributed by atoms with Crippen LogP contribution in [0.15, 0.2) is 16.5 Å². The Morgan fingerprint density at radius 3 is 2.82 bits per heavy atom. The van der Waals surface area contributed by atoms with Crippen molar-refractivity contribution >= 4 is 0 Å². The Morgan fingerprint density at radius 2 is 2.12 bits per heavy atom. The van der Waals surface area contributed by atoms with Crippen LogP contribution < -0.4 is 5.32 Å². The van der Waals surface area contributed by atoms with Crippen LogP contribution in [-0.2, 0) is 13.1 Å². The molecule has 0 saturated carbocycles. The molecular formula is C14H24N2O. The van der Waals surface area contributed by atoms with Gasteiger partial charge in [-0.15, -0.1) is 0 Å². The molecule has 1 aromatic heterocycles. The molecule has 3 heteroatoms. The van der Waals surface area contributed by atoms with E-state index in [-0.39, 0.29) is 0 Å². The fourth-order valence-corrected chi connectivity index (χ4v) is 2.68. The van der Waals surface area contributed by atoms with Crippen molar-refractivity contribution < 1.29 is 4.42 Å². The number of hydrogen-bond acceptors (Lipinski definition) is 3. The molecule has 1 aliphatic rings. The highest BCUT2D eigenvalue weighted by molar-refractivity contribution is 5.07. The van der Waals surface area contributed by atoms with Crippen LogP contribution in [0.25, 0.3) is 0 Å². The molecule has 0 spiro atoms. The first-order valence-corrected chi connectivity index (χ1v) is 6.54. The summed E-state index contributed by atoms with van der Waals surface area (Å²) in [6, 6.07) is 4.18. The molecule has 0 aromatic carbocycles. The largest absolute Gasteiger partial charge is 0.463 e. The van der Waals surface area contributed by atoms with Gasteiger partial charge in [-0.1, -0.05) is 13.8 Å². The molecule has 0 unspecified atom stereocenters. The van der Waals surface area contributed by atoms with Gasteiger partial charge < -0.3 is 9.73 Å². The molecule has 1 aromatic rings. The molecule has 2 rings (SSSR count). The maximum absolute atomic E-state index is 5.79. The van der Waals surface area contributed by atoms with Crippen molar-refractivity contribution in [1.29, 1.82) is 0 Å². The third kappa shape index (κ3) is 3.58. The lowest BCUT2D eigenvalue weighted by atomic mass is 9.84. The first kappa shape index (κ1) is 12.7. The average molecular weight is 236 g/mol. The van der Waals surface area contributed by atoms with Gasteiger partial charge in [-0.2, -0.15) is 0 Å². The van der Waals surface area contributed by atoms with E-state index in [0.29, 0.717) is 5.41 Å². The molecular weight excluding hydrogens is 212 g/mol. The Morgan fingerprint density at radius 1 is 1.35 bits per heavy atom. The second-order valence-electron chi connectivity index (χ2n) is 5.88. The summed E-state index contributed by atoms with van der Waals surface area (Å²) in [7, 11) is 1.94. The van der Waals surface area contributed by atoms with Gasteiger partial charge >= 0.3 is 0 Å². The van der Waals surface area contributed by atoms with Gasteiger partial charge in [0.2, 0.25) is 0 Å². The second kappa shape index (κ2) is 5.23. The number of likely N-dealkylation sites (tertiary alicyclic amines) is 1. The topological polar surface area (TPSA) is 28.4 Å². The molecule has 2 heterocycles. The van der Waals surface area contributed by atoms with E-state index in [0.717, 1.165) is 24.6 Å². The highest BCUT2D eigenvalue weighted by Crippen LogP contribution is 2.29. The number of rotatable bonds is 4. The highest BCUT2D eigenvalue weighted by atomic mass is 16.3. The Balaban J connectivity index is 1.91. The highest BCUT2D eigenvalue weighted by Gasteiger charge is 2.26. The lowest BCUT2D eigenvalue weighted by Gasteiger charge is -2.37.